The lowest BCUT2D eigenvalue weighted by molar-refractivity contribution is 0.589. The van der Waals surface area contributed by atoms with Gasteiger partial charge < -0.3 is 14.4 Å². The summed E-state index contributed by atoms with van der Waals surface area (Å²) in [5.74, 6) is 0.750. The van der Waals surface area contributed by atoms with Gasteiger partial charge in [-0.2, -0.15) is 10.2 Å². The fourth-order valence-electron chi connectivity index (χ4n) is 4.81. The molecule has 0 radical (unpaired) electrons. The molecule has 7 nitrogen and oxygen atoms in total. The van der Waals surface area contributed by atoms with Gasteiger partial charge in [0.1, 0.15) is 5.52 Å². The van der Waals surface area contributed by atoms with Crippen LogP contribution in [0.3, 0.4) is 0 Å². The number of aromatic nitrogens is 4. The molecule has 0 aliphatic carbocycles. The van der Waals surface area contributed by atoms with E-state index in [1.54, 1.807) is 0 Å². The van der Waals surface area contributed by atoms with Crippen LogP contribution in [-0.4, -0.2) is 45.7 Å². The number of imidazole rings is 1. The number of rotatable bonds is 4. The van der Waals surface area contributed by atoms with Gasteiger partial charge in [-0.1, -0.05) is 39.0 Å². The van der Waals surface area contributed by atoms with Gasteiger partial charge in [0.15, 0.2) is 5.65 Å². The number of piperazine rings is 1. The Morgan fingerprint density at radius 2 is 1.64 bits per heavy atom. The van der Waals surface area contributed by atoms with Crippen molar-refractivity contribution in [3.8, 4) is 6.07 Å². The summed E-state index contributed by atoms with van der Waals surface area (Å²) in [6.07, 6.45) is 2.57. The molecule has 0 amide bonds. The molecule has 184 valence electrons. The van der Waals surface area contributed by atoms with Crippen molar-refractivity contribution < 1.29 is 0 Å². The lowest BCUT2D eigenvalue weighted by Gasteiger charge is -2.36. The molecule has 4 aromatic rings. The van der Waals surface area contributed by atoms with Gasteiger partial charge in [0.2, 0.25) is 5.95 Å². The first-order valence-electron chi connectivity index (χ1n) is 12.5. The fraction of sp³-hybridized carbons (Fsp3) is 0.379. The Balaban J connectivity index is 1.42. The van der Waals surface area contributed by atoms with E-state index in [9.17, 15) is 0 Å². The normalized spacial score (nSPS) is 14.3. The van der Waals surface area contributed by atoms with Crippen LogP contribution in [0, 0.1) is 18.3 Å². The van der Waals surface area contributed by atoms with Crippen LogP contribution in [0.5, 0.6) is 0 Å². The van der Waals surface area contributed by atoms with Gasteiger partial charge in [-0.05, 0) is 53.3 Å². The molecule has 0 atom stereocenters. The maximum atomic E-state index is 9.07. The molecular formula is C29H33N7. The standard InChI is InChI=1S/C29H33N7/c1-20-6-9-23(29(2,3)4)16-22(20)17-25-26-27(31-19-34(26)5)33-28(32-25)36-14-12-35(13-15-36)24-10-7-21(18-30)8-11-24/h6-11,16,19H,12-15,17H2,1-5H3. The molecule has 1 aliphatic heterocycles. The Kier molecular flexibility index (Phi) is 6.13. The number of fused-ring (bicyclic) bond motifs is 1. The second-order valence-electron chi connectivity index (χ2n) is 10.7. The van der Waals surface area contributed by atoms with E-state index in [2.05, 4.69) is 66.7 Å². The summed E-state index contributed by atoms with van der Waals surface area (Å²) in [5.41, 5.74) is 8.57. The number of nitriles is 1. The van der Waals surface area contributed by atoms with Crippen molar-refractivity contribution in [1.82, 2.24) is 19.5 Å². The number of hydrogen-bond donors (Lipinski definition) is 0. The average molecular weight is 480 g/mol. The largest absolute Gasteiger partial charge is 0.368 e. The van der Waals surface area contributed by atoms with Crippen molar-refractivity contribution in [3.05, 3.63) is 76.7 Å². The summed E-state index contributed by atoms with van der Waals surface area (Å²) in [6.45, 7) is 12.3. The summed E-state index contributed by atoms with van der Waals surface area (Å²) in [5, 5.41) is 9.07. The van der Waals surface area contributed by atoms with E-state index < -0.39 is 0 Å². The van der Waals surface area contributed by atoms with Crippen LogP contribution in [0.1, 0.15) is 48.7 Å². The average Bonchev–Trinajstić information content (AvgIpc) is 3.25. The van der Waals surface area contributed by atoms with Crippen LogP contribution >= 0.6 is 0 Å². The maximum absolute atomic E-state index is 9.07. The van der Waals surface area contributed by atoms with Gasteiger partial charge in [0.05, 0.1) is 23.7 Å². The Morgan fingerprint density at radius 3 is 2.31 bits per heavy atom. The first-order chi connectivity index (χ1) is 17.2. The number of hydrogen-bond acceptors (Lipinski definition) is 6. The Bertz CT molecular complexity index is 1430. The molecule has 2 aromatic carbocycles. The maximum Gasteiger partial charge on any atom is 0.227 e. The zero-order valence-electron chi connectivity index (χ0n) is 21.8. The second kappa shape index (κ2) is 9.27. The molecule has 0 N–H and O–H groups in total. The highest BCUT2D eigenvalue weighted by atomic mass is 15.3. The van der Waals surface area contributed by atoms with Gasteiger partial charge in [0.25, 0.3) is 0 Å². The first-order valence-corrected chi connectivity index (χ1v) is 12.5. The van der Waals surface area contributed by atoms with Crippen LogP contribution in [-0.2, 0) is 18.9 Å². The molecule has 1 fully saturated rings. The fourth-order valence-corrected chi connectivity index (χ4v) is 4.81. The Labute approximate surface area is 213 Å². The van der Waals surface area contributed by atoms with E-state index >= 15 is 0 Å². The molecule has 0 saturated carbocycles. The van der Waals surface area contributed by atoms with E-state index in [4.69, 9.17) is 15.2 Å². The van der Waals surface area contributed by atoms with Crippen molar-refractivity contribution in [1.29, 1.82) is 5.26 Å². The van der Waals surface area contributed by atoms with Gasteiger partial charge in [-0.3, -0.25) is 0 Å². The van der Waals surface area contributed by atoms with E-state index in [0.717, 1.165) is 61.1 Å². The highest BCUT2D eigenvalue weighted by Crippen LogP contribution is 2.28. The van der Waals surface area contributed by atoms with E-state index in [1.807, 2.05) is 42.2 Å². The van der Waals surface area contributed by atoms with Crippen molar-refractivity contribution in [2.24, 2.45) is 7.05 Å². The van der Waals surface area contributed by atoms with Gasteiger partial charge in [-0.25, -0.2) is 9.97 Å². The molecule has 0 bridgehead atoms. The van der Waals surface area contributed by atoms with Gasteiger partial charge in [-0.15, -0.1) is 0 Å². The molecular weight excluding hydrogens is 446 g/mol. The number of aryl methyl sites for hydroxylation is 2. The van der Waals surface area contributed by atoms with E-state index in [1.165, 1.54) is 16.7 Å². The number of benzene rings is 2. The molecule has 36 heavy (non-hydrogen) atoms. The topological polar surface area (TPSA) is 73.9 Å². The highest BCUT2D eigenvalue weighted by molar-refractivity contribution is 5.75. The molecule has 3 heterocycles. The summed E-state index contributed by atoms with van der Waals surface area (Å²) in [6, 6.07) is 16.8. The molecule has 1 saturated heterocycles. The number of nitrogens with zero attached hydrogens (tertiary/aromatic N) is 7. The monoisotopic (exact) mass is 479 g/mol. The molecule has 2 aromatic heterocycles. The van der Waals surface area contributed by atoms with Gasteiger partial charge >= 0.3 is 0 Å². The van der Waals surface area contributed by atoms with E-state index in [0.29, 0.717) is 5.56 Å². The van der Waals surface area contributed by atoms with Crippen molar-refractivity contribution in [2.45, 2.75) is 39.5 Å². The van der Waals surface area contributed by atoms with Gasteiger partial charge in [0, 0.05) is 45.3 Å². The van der Waals surface area contributed by atoms with Crippen molar-refractivity contribution >= 4 is 22.8 Å². The highest BCUT2D eigenvalue weighted by Gasteiger charge is 2.23. The summed E-state index contributed by atoms with van der Waals surface area (Å²) >= 11 is 0. The molecule has 1 aliphatic rings. The third-order valence-electron chi connectivity index (χ3n) is 7.13. The summed E-state index contributed by atoms with van der Waals surface area (Å²) < 4.78 is 2.03. The Morgan fingerprint density at radius 1 is 0.944 bits per heavy atom. The lowest BCUT2D eigenvalue weighted by Crippen LogP contribution is -2.47. The third-order valence-corrected chi connectivity index (χ3v) is 7.13. The predicted molar refractivity (Wildman–Crippen MR) is 145 cm³/mol. The number of anilines is 2. The summed E-state index contributed by atoms with van der Waals surface area (Å²) in [4.78, 5) is 19.1. The first kappa shape index (κ1) is 23.8. The predicted octanol–water partition coefficient (Wildman–Crippen LogP) is 4.76. The smallest absolute Gasteiger partial charge is 0.227 e. The minimum absolute atomic E-state index is 0.0930. The zero-order chi connectivity index (χ0) is 25.4. The van der Waals surface area contributed by atoms with Crippen LogP contribution in [0.15, 0.2) is 48.8 Å². The van der Waals surface area contributed by atoms with Crippen LogP contribution in [0.25, 0.3) is 11.2 Å². The SMILES string of the molecule is Cc1ccc(C(C)(C)C)cc1Cc1nc(N2CCN(c3ccc(C#N)cc3)CC2)nc2ncn(C)c12. The van der Waals surface area contributed by atoms with Crippen LogP contribution < -0.4 is 9.80 Å². The molecule has 0 unspecified atom stereocenters. The molecule has 0 spiro atoms. The lowest BCUT2D eigenvalue weighted by atomic mass is 9.84. The minimum atomic E-state index is 0.0930. The second-order valence-corrected chi connectivity index (χ2v) is 10.7. The van der Waals surface area contributed by atoms with Crippen molar-refractivity contribution in [2.75, 3.05) is 36.0 Å². The molecule has 5 rings (SSSR count). The Hall–Kier alpha value is -3.92. The minimum Gasteiger partial charge on any atom is -0.368 e. The third kappa shape index (κ3) is 4.64. The zero-order valence-corrected chi connectivity index (χ0v) is 21.8. The van der Waals surface area contributed by atoms with Crippen LogP contribution in [0.4, 0.5) is 11.6 Å². The van der Waals surface area contributed by atoms with Crippen molar-refractivity contribution in [3.63, 3.8) is 0 Å². The molecule has 7 heteroatoms. The quantitative estimate of drug-likeness (QED) is 0.420. The van der Waals surface area contributed by atoms with E-state index in [-0.39, 0.29) is 5.41 Å². The van der Waals surface area contributed by atoms with Crippen LogP contribution in [0.2, 0.25) is 0 Å². The summed E-state index contributed by atoms with van der Waals surface area (Å²) in [7, 11) is 2.01.